The molecule has 2 aliphatic rings. The van der Waals surface area contributed by atoms with E-state index >= 15 is 0 Å². The van der Waals surface area contributed by atoms with Crippen LogP contribution in [0.1, 0.15) is 42.1 Å². The topological polar surface area (TPSA) is 99.1 Å². The van der Waals surface area contributed by atoms with E-state index in [1.54, 1.807) is 10.6 Å². The van der Waals surface area contributed by atoms with Crippen molar-refractivity contribution in [2.45, 2.75) is 36.6 Å². The van der Waals surface area contributed by atoms with Gasteiger partial charge < -0.3 is 9.32 Å². The maximum atomic E-state index is 13.5. The van der Waals surface area contributed by atoms with Crippen LogP contribution in [0.15, 0.2) is 56.6 Å². The van der Waals surface area contributed by atoms with Crippen molar-refractivity contribution in [3.8, 4) is 0 Å². The zero-order valence-electron chi connectivity index (χ0n) is 18.0. The third-order valence-corrected chi connectivity index (χ3v) is 8.44. The lowest BCUT2D eigenvalue weighted by Gasteiger charge is -2.37. The molecule has 0 saturated carbocycles. The van der Waals surface area contributed by atoms with Gasteiger partial charge in [-0.15, -0.1) is 0 Å². The van der Waals surface area contributed by atoms with Crippen molar-refractivity contribution in [3.05, 3.63) is 64.4 Å². The molecule has 10 heteroatoms. The second-order valence-corrected chi connectivity index (χ2v) is 10.5. The molecule has 176 valence electrons. The molecule has 0 aliphatic carbocycles. The predicted octanol–water partition coefficient (Wildman–Crippen LogP) is 4.33. The number of halogens is 1. The number of benzene rings is 2. The molecule has 1 saturated heterocycles. The summed E-state index contributed by atoms with van der Waals surface area (Å²) < 4.78 is 42.7. The summed E-state index contributed by atoms with van der Waals surface area (Å²) in [5.74, 6) is -1.43. The van der Waals surface area contributed by atoms with Crippen LogP contribution in [0.5, 0.6) is 0 Å². The molecular weight excluding hydrogens is 449 g/mol. The number of piperidine rings is 1. The first-order chi connectivity index (χ1) is 15.9. The third kappa shape index (κ3) is 3.97. The van der Waals surface area contributed by atoms with Gasteiger partial charge in [-0.25, -0.2) is 13.5 Å². The van der Waals surface area contributed by atoms with E-state index in [1.807, 2.05) is 18.2 Å². The summed E-state index contributed by atoms with van der Waals surface area (Å²) in [4.78, 5) is 27.3. The van der Waals surface area contributed by atoms with Crippen molar-refractivity contribution in [1.82, 2.24) is 13.8 Å². The highest BCUT2D eigenvalue weighted by molar-refractivity contribution is 8.23. The quantitative estimate of drug-likeness (QED) is 0.515. The van der Waals surface area contributed by atoms with Gasteiger partial charge in [0.05, 0.1) is 16.0 Å². The van der Waals surface area contributed by atoms with E-state index in [2.05, 4.69) is 4.90 Å². The molecule has 2 N–H and O–H groups in total. The molecule has 0 atom stereocenters. The number of hydrogen-bond acceptors (Lipinski definition) is 6. The Morgan fingerprint density at radius 2 is 1.76 bits per heavy atom. The number of para-hydroxylation sites is 2. The second kappa shape index (κ2) is 8.60. The van der Waals surface area contributed by atoms with Crippen molar-refractivity contribution in [3.63, 3.8) is 0 Å². The number of amides is 1. The highest BCUT2D eigenvalue weighted by Gasteiger charge is 2.41. The first-order valence-corrected chi connectivity index (χ1v) is 12.6. The smallest absolute Gasteiger partial charge is 0.408 e. The van der Waals surface area contributed by atoms with Crippen molar-refractivity contribution in [2.24, 2.45) is 0 Å². The van der Waals surface area contributed by atoms with Gasteiger partial charge in [0.2, 0.25) is 0 Å². The van der Waals surface area contributed by atoms with Crippen molar-refractivity contribution >= 4 is 27.8 Å². The molecule has 3 aromatic rings. The predicted molar refractivity (Wildman–Crippen MR) is 123 cm³/mol. The Morgan fingerprint density at radius 1 is 1.03 bits per heavy atom. The van der Waals surface area contributed by atoms with E-state index in [1.165, 1.54) is 6.07 Å². The van der Waals surface area contributed by atoms with Gasteiger partial charge in [0.25, 0.3) is 5.91 Å². The SMILES string of the molecule is O=C1c2cc(F)ccc2S(O)(O)N1CCCCN1CCC(n2c(=O)oc3ccccc32)CC1. The van der Waals surface area contributed by atoms with Crippen LogP contribution >= 0.6 is 10.8 Å². The normalized spacial score (nSPS) is 19.8. The monoisotopic (exact) mass is 475 g/mol. The molecule has 1 aromatic heterocycles. The zero-order valence-corrected chi connectivity index (χ0v) is 18.8. The molecule has 1 amide bonds. The van der Waals surface area contributed by atoms with Gasteiger partial charge in [-0.3, -0.25) is 18.5 Å². The molecule has 0 spiro atoms. The van der Waals surface area contributed by atoms with Gasteiger partial charge in [0, 0.05) is 25.7 Å². The molecular formula is C23H26FN3O5S. The summed E-state index contributed by atoms with van der Waals surface area (Å²) >= 11 is 0. The minimum Gasteiger partial charge on any atom is -0.408 e. The Labute approximate surface area is 191 Å². The number of carbonyl (C=O) groups is 1. The summed E-state index contributed by atoms with van der Waals surface area (Å²) in [6.45, 7) is 2.71. The first kappa shape index (κ1) is 22.1. The fraction of sp³-hybridized carbons (Fsp3) is 0.391. The van der Waals surface area contributed by atoms with Crippen LogP contribution in [0.25, 0.3) is 11.1 Å². The number of oxazole rings is 1. The maximum absolute atomic E-state index is 13.5. The van der Waals surface area contributed by atoms with Gasteiger partial charge >= 0.3 is 5.76 Å². The van der Waals surface area contributed by atoms with Crippen molar-refractivity contribution in [2.75, 3.05) is 26.2 Å². The number of unbranched alkanes of at least 4 members (excludes halogenated alkanes) is 1. The number of hydrogen-bond donors (Lipinski definition) is 2. The molecule has 8 nitrogen and oxygen atoms in total. The van der Waals surface area contributed by atoms with Crippen molar-refractivity contribution in [1.29, 1.82) is 0 Å². The minimum atomic E-state index is -3.41. The van der Waals surface area contributed by atoms with Gasteiger partial charge in [-0.2, -0.15) is 0 Å². The van der Waals surface area contributed by atoms with Crippen LogP contribution in [0, 0.1) is 5.82 Å². The lowest BCUT2D eigenvalue weighted by atomic mass is 10.0. The third-order valence-electron chi connectivity index (χ3n) is 6.53. The minimum absolute atomic E-state index is 0.0269. The van der Waals surface area contributed by atoms with Crippen LogP contribution in [0.3, 0.4) is 0 Å². The fourth-order valence-electron chi connectivity index (χ4n) is 4.83. The number of aromatic nitrogens is 1. The van der Waals surface area contributed by atoms with Crippen LogP contribution in [-0.4, -0.2) is 55.0 Å². The molecule has 1 fully saturated rings. The highest BCUT2D eigenvalue weighted by Crippen LogP contribution is 2.58. The summed E-state index contributed by atoms with van der Waals surface area (Å²) in [7, 11) is -3.41. The van der Waals surface area contributed by atoms with Gasteiger partial charge in [0.15, 0.2) is 5.58 Å². The molecule has 2 aliphatic heterocycles. The van der Waals surface area contributed by atoms with Crippen LogP contribution < -0.4 is 5.76 Å². The Morgan fingerprint density at radius 3 is 2.55 bits per heavy atom. The molecule has 0 bridgehead atoms. The van der Waals surface area contributed by atoms with E-state index in [4.69, 9.17) is 4.42 Å². The van der Waals surface area contributed by atoms with Gasteiger partial charge in [0.1, 0.15) is 5.82 Å². The van der Waals surface area contributed by atoms with E-state index < -0.39 is 22.5 Å². The summed E-state index contributed by atoms with van der Waals surface area (Å²) in [5, 5.41) is 0. The van der Waals surface area contributed by atoms with Gasteiger partial charge in [-0.05, 0) is 62.6 Å². The van der Waals surface area contributed by atoms with Crippen LogP contribution in [-0.2, 0) is 0 Å². The lowest BCUT2D eigenvalue weighted by molar-refractivity contribution is 0.0859. The molecule has 33 heavy (non-hydrogen) atoms. The Hall–Kier alpha value is -2.66. The number of rotatable bonds is 6. The fourth-order valence-corrected chi connectivity index (χ4v) is 6.47. The largest absolute Gasteiger partial charge is 0.420 e. The highest BCUT2D eigenvalue weighted by atomic mass is 32.3. The summed E-state index contributed by atoms with van der Waals surface area (Å²) in [5.41, 5.74) is 1.47. The van der Waals surface area contributed by atoms with E-state index in [0.29, 0.717) is 12.0 Å². The van der Waals surface area contributed by atoms with E-state index in [9.17, 15) is 23.1 Å². The van der Waals surface area contributed by atoms with E-state index in [0.717, 1.165) is 60.9 Å². The lowest BCUT2D eigenvalue weighted by Crippen LogP contribution is -2.37. The van der Waals surface area contributed by atoms with Crippen LogP contribution in [0.4, 0.5) is 4.39 Å². The van der Waals surface area contributed by atoms with Crippen molar-refractivity contribution < 1.29 is 22.7 Å². The Kier molecular flexibility index (Phi) is 5.77. The number of carbonyl (C=O) groups excluding carboxylic acids is 1. The number of fused-ring (bicyclic) bond motifs is 2. The molecule has 5 rings (SSSR count). The Balaban J connectivity index is 1.13. The number of likely N-dealkylation sites (tertiary alicyclic amines) is 1. The average molecular weight is 476 g/mol. The van der Waals surface area contributed by atoms with Gasteiger partial charge in [-0.1, -0.05) is 22.9 Å². The zero-order chi connectivity index (χ0) is 23.2. The van der Waals surface area contributed by atoms with Crippen LogP contribution in [0.2, 0.25) is 0 Å². The Bertz CT molecular complexity index is 1250. The molecule has 0 unspecified atom stereocenters. The first-order valence-electron chi connectivity index (χ1n) is 11.1. The summed E-state index contributed by atoms with van der Waals surface area (Å²) in [6.07, 6.45) is 3.07. The summed E-state index contributed by atoms with van der Waals surface area (Å²) in [6, 6.07) is 11.0. The second-order valence-electron chi connectivity index (χ2n) is 8.55. The maximum Gasteiger partial charge on any atom is 0.420 e. The standard InChI is InChI=1S/C23H26FN3O5S/c24-16-7-8-21-18(15-16)22(28)26(33(21,30)31)12-4-3-11-25-13-9-17(10-14-25)27-19-5-1-2-6-20(19)32-23(27)29/h1-2,5-8,15,17,30-31H,3-4,9-14H2. The molecule has 0 radical (unpaired) electrons. The number of nitrogens with zero attached hydrogens (tertiary/aromatic N) is 3. The molecule has 2 aromatic carbocycles. The molecule has 3 heterocycles. The average Bonchev–Trinajstić information content (AvgIpc) is 3.22. The van der Waals surface area contributed by atoms with E-state index in [-0.39, 0.29) is 28.8 Å².